The van der Waals surface area contributed by atoms with Crippen LogP contribution in [0.3, 0.4) is 0 Å². The molecule has 0 aliphatic heterocycles. The predicted octanol–water partition coefficient (Wildman–Crippen LogP) is 3.80. The fraction of sp³-hybridized carbons (Fsp3) is 0.133. The lowest BCUT2D eigenvalue weighted by atomic mass is 10.1. The Hall–Kier alpha value is -2.07. The molecule has 0 bridgehead atoms. The van der Waals surface area contributed by atoms with Gasteiger partial charge in [-0.2, -0.15) is 0 Å². The van der Waals surface area contributed by atoms with Crippen LogP contribution in [0.4, 0.5) is 4.39 Å². The monoisotopic (exact) mass is 294 g/mol. The number of carboxylic acids is 1. The Morgan fingerprint density at radius 2 is 1.90 bits per heavy atom. The molecule has 0 aliphatic rings. The number of carboxylic acid groups (broad SMARTS) is 1. The van der Waals surface area contributed by atoms with Crippen molar-refractivity contribution in [2.45, 2.75) is 6.42 Å². The van der Waals surface area contributed by atoms with Gasteiger partial charge < -0.3 is 9.84 Å². The van der Waals surface area contributed by atoms with Gasteiger partial charge in [0.05, 0.1) is 6.61 Å². The van der Waals surface area contributed by atoms with Crippen LogP contribution in [-0.2, 0) is 6.42 Å². The Morgan fingerprint density at radius 3 is 2.55 bits per heavy atom. The maximum absolute atomic E-state index is 13.1. The Balaban J connectivity index is 2.02. The molecular weight excluding hydrogens is 283 g/mol. The van der Waals surface area contributed by atoms with Gasteiger partial charge in [0.25, 0.3) is 0 Å². The molecule has 104 valence electrons. The normalized spacial score (nSPS) is 10.3. The molecule has 0 aliphatic carbocycles. The largest absolute Gasteiger partial charge is 0.492 e. The molecule has 0 amide bonds. The first kappa shape index (κ1) is 14.3. The van der Waals surface area contributed by atoms with E-state index in [-0.39, 0.29) is 17.9 Å². The fourth-order valence-electron chi connectivity index (χ4n) is 1.72. The molecule has 1 N–H and O–H groups in total. The zero-order valence-electron chi connectivity index (χ0n) is 10.5. The number of ether oxygens (including phenoxy) is 1. The van der Waals surface area contributed by atoms with Gasteiger partial charge in [-0.15, -0.1) is 0 Å². The van der Waals surface area contributed by atoms with Crippen molar-refractivity contribution in [2.75, 3.05) is 6.61 Å². The summed E-state index contributed by atoms with van der Waals surface area (Å²) in [5, 5.41) is 9.63. The summed E-state index contributed by atoms with van der Waals surface area (Å²) in [6.45, 7) is 0.255. The number of aromatic carboxylic acids is 1. The van der Waals surface area contributed by atoms with Gasteiger partial charge in [-0.25, -0.2) is 9.18 Å². The lowest BCUT2D eigenvalue weighted by Crippen LogP contribution is -2.06. The number of hydrogen-bond acceptors (Lipinski definition) is 2. The number of hydrogen-bond donors (Lipinski definition) is 1. The van der Waals surface area contributed by atoms with E-state index in [1.165, 1.54) is 6.07 Å². The second-order valence-electron chi connectivity index (χ2n) is 4.17. The van der Waals surface area contributed by atoms with Crippen molar-refractivity contribution in [3.63, 3.8) is 0 Å². The summed E-state index contributed by atoms with van der Waals surface area (Å²) < 4.78 is 18.5. The summed E-state index contributed by atoms with van der Waals surface area (Å²) in [5.41, 5.74) is 0.949. The number of halogens is 2. The highest BCUT2D eigenvalue weighted by atomic mass is 35.5. The molecule has 5 heteroatoms. The molecule has 0 saturated carbocycles. The predicted molar refractivity (Wildman–Crippen MR) is 74.0 cm³/mol. The fourth-order valence-corrected chi connectivity index (χ4v) is 1.85. The highest BCUT2D eigenvalue weighted by Crippen LogP contribution is 2.20. The van der Waals surface area contributed by atoms with Gasteiger partial charge >= 0.3 is 5.97 Å². The van der Waals surface area contributed by atoms with Gasteiger partial charge in [0.15, 0.2) is 0 Å². The van der Waals surface area contributed by atoms with Crippen molar-refractivity contribution in [3.05, 3.63) is 64.4 Å². The van der Waals surface area contributed by atoms with Crippen molar-refractivity contribution in [1.82, 2.24) is 0 Å². The SMILES string of the molecule is O=C(O)c1ccc(F)cc1OCCc1ccc(Cl)cc1. The first-order valence-electron chi connectivity index (χ1n) is 5.96. The Bertz CT molecular complexity index is 611. The van der Waals surface area contributed by atoms with Gasteiger partial charge in [0, 0.05) is 17.5 Å². The Labute approximate surface area is 120 Å². The number of rotatable bonds is 5. The second kappa shape index (κ2) is 6.39. The van der Waals surface area contributed by atoms with Gasteiger partial charge in [0.2, 0.25) is 0 Å². The first-order valence-corrected chi connectivity index (χ1v) is 6.34. The molecule has 2 aromatic carbocycles. The van der Waals surface area contributed by atoms with Crippen molar-refractivity contribution in [3.8, 4) is 5.75 Å². The molecule has 3 nitrogen and oxygen atoms in total. The lowest BCUT2D eigenvalue weighted by Gasteiger charge is -2.09. The first-order chi connectivity index (χ1) is 9.56. The van der Waals surface area contributed by atoms with Crippen LogP contribution < -0.4 is 4.74 Å². The molecule has 0 fully saturated rings. The van der Waals surface area contributed by atoms with Crippen molar-refractivity contribution in [2.24, 2.45) is 0 Å². The van der Waals surface area contributed by atoms with Gasteiger partial charge in [-0.3, -0.25) is 0 Å². The standard InChI is InChI=1S/C15H12ClFO3/c16-11-3-1-10(2-4-11)7-8-20-14-9-12(17)5-6-13(14)15(18)19/h1-6,9H,7-8H2,(H,18,19). The van der Waals surface area contributed by atoms with Crippen molar-refractivity contribution < 1.29 is 19.0 Å². The molecule has 2 aromatic rings. The molecule has 0 aromatic heterocycles. The summed E-state index contributed by atoms with van der Waals surface area (Å²) >= 11 is 5.78. The molecule has 0 radical (unpaired) electrons. The average Bonchev–Trinajstić information content (AvgIpc) is 2.41. The highest BCUT2D eigenvalue weighted by Gasteiger charge is 2.12. The van der Waals surface area contributed by atoms with Crippen LogP contribution in [0.5, 0.6) is 5.75 Å². The Kier molecular flexibility index (Phi) is 4.58. The maximum Gasteiger partial charge on any atom is 0.339 e. The van der Waals surface area contributed by atoms with Gasteiger partial charge in [-0.1, -0.05) is 23.7 Å². The summed E-state index contributed by atoms with van der Waals surface area (Å²) in [6.07, 6.45) is 0.576. The minimum Gasteiger partial charge on any atom is -0.492 e. The van der Waals surface area contributed by atoms with E-state index < -0.39 is 11.8 Å². The zero-order chi connectivity index (χ0) is 14.5. The quantitative estimate of drug-likeness (QED) is 0.912. The molecule has 0 saturated heterocycles. The molecule has 0 spiro atoms. The summed E-state index contributed by atoms with van der Waals surface area (Å²) in [5.74, 6) is -1.64. The minimum absolute atomic E-state index is 0.0338. The van der Waals surface area contributed by atoms with E-state index >= 15 is 0 Å². The topological polar surface area (TPSA) is 46.5 Å². The van der Waals surface area contributed by atoms with Crippen molar-refractivity contribution >= 4 is 17.6 Å². The third-order valence-corrected chi connectivity index (χ3v) is 2.99. The van der Waals surface area contributed by atoms with Crippen LogP contribution in [0.25, 0.3) is 0 Å². The second-order valence-corrected chi connectivity index (χ2v) is 4.61. The smallest absolute Gasteiger partial charge is 0.339 e. The lowest BCUT2D eigenvalue weighted by molar-refractivity contribution is 0.0692. The van der Waals surface area contributed by atoms with E-state index in [4.69, 9.17) is 21.4 Å². The van der Waals surface area contributed by atoms with Crippen LogP contribution >= 0.6 is 11.6 Å². The molecular formula is C15H12ClFO3. The molecule has 2 rings (SSSR count). The third-order valence-electron chi connectivity index (χ3n) is 2.74. The van der Waals surface area contributed by atoms with E-state index in [1.54, 1.807) is 12.1 Å². The summed E-state index contributed by atoms with van der Waals surface area (Å²) in [6, 6.07) is 10.6. The minimum atomic E-state index is -1.15. The third kappa shape index (κ3) is 3.71. The zero-order valence-corrected chi connectivity index (χ0v) is 11.2. The molecule has 20 heavy (non-hydrogen) atoms. The van der Waals surface area contributed by atoms with E-state index in [9.17, 15) is 9.18 Å². The van der Waals surface area contributed by atoms with Crippen LogP contribution in [0.2, 0.25) is 5.02 Å². The molecule has 0 unspecified atom stereocenters. The van der Waals surface area contributed by atoms with E-state index in [2.05, 4.69) is 0 Å². The van der Waals surface area contributed by atoms with Crippen LogP contribution in [0, 0.1) is 5.82 Å². The van der Waals surface area contributed by atoms with Gasteiger partial charge in [-0.05, 0) is 29.8 Å². The highest BCUT2D eigenvalue weighted by molar-refractivity contribution is 6.30. The number of benzene rings is 2. The maximum atomic E-state index is 13.1. The average molecular weight is 295 g/mol. The van der Waals surface area contributed by atoms with Crippen LogP contribution in [0.15, 0.2) is 42.5 Å². The van der Waals surface area contributed by atoms with Gasteiger partial charge in [0.1, 0.15) is 17.1 Å². The Morgan fingerprint density at radius 1 is 1.20 bits per heavy atom. The summed E-state index contributed by atoms with van der Waals surface area (Å²) in [7, 11) is 0. The van der Waals surface area contributed by atoms with Crippen LogP contribution in [0.1, 0.15) is 15.9 Å². The van der Waals surface area contributed by atoms with Crippen molar-refractivity contribution in [1.29, 1.82) is 0 Å². The van der Waals surface area contributed by atoms with E-state index in [0.29, 0.717) is 11.4 Å². The summed E-state index contributed by atoms with van der Waals surface area (Å²) in [4.78, 5) is 11.0. The molecule has 0 atom stereocenters. The van der Waals surface area contributed by atoms with Crippen LogP contribution in [-0.4, -0.2) is 17.7 Å². The van der Waals surface area contributed by atoms with E-state index in [0.717, 1.165) is 17.7 Å². The molecule has 0 heterocycles. The van der Waals surface area contributed by atoms with E-state index in [1.807, 2.05) is 12.1 Å². The number of carbonyl (C=O) groups is 1.